The lowest BCUT2D eigenvalue weighted by atomic mass is 9.95. The van der Waals surface area contributed by atoms with E-state index in [4.69, 9.17) is 27.9 Å². The van der Waals surface area contributed by atoms with E-state index in [9.17, 15) is 9.59 Å². The second kappa shape index (κ2) is 10.2. The third-order valence-electron chi connectivity index (χ3n) is 5.14. The molecule has 160 valence electrons. The van der Waals surface area contributed by atoms with Gasteiger partial charge in [-0.25, -0.2) is 0 Å². The van der Waals surface area contributed by atoms with Crippen molar-refractivity contribution in [2.24, 2.45) is 5.92 Å². The van der Waals surface area contributed by atoms with Crippen molar-refractivity contribution in [2.45, 2.75) is 19.8 Å². The van der Waals surface area contributed by atoms with E-state index in [1.165, 1.54) is 0 Å². The first-order valence-electron chi connectivity index (χ1n) is 9.78. The van der Waals surface area contributed by atoms with E-state index in [2.05, 4.69) is 10.6 Å². The number of ether oxygens (including phenoxy) is 1. The molecule has 6 nitrogen and oxygen atoms in total. The Balaban J connectivity index is 1.48. The summed E-state index contributed by atoms with van der Waals surface area (Å²) in [6.07, 6.45) is 1.39. The van der Waals surface area contributed by atoms with E-state index in [0.29, 0.717) is 53.1 Å². The Morgan fingerprint density at radius 3 is 2.47 bits per heavy atom. The van der Waals surface area contributed by atoms with E-state index in [-0.39, 0.29) is 24.3 Å². The summed E-state index contributed by atoms with van der Waals surface area (Å²) < 4.78 is 5.33. The summed E-state index contributed by atoms with van der Waals surface area (Å²) >= 11 is 11.9. The lowest BCUT2D eigenvalue weighted by Crippen LogP contribution is -2.41. The second-order valence-corrected chi connectivity index (χ2v) is 8.23. The summed E-state index contributed by atoms with van der Waals surface area (Å²) in [5.41, 5.74) is 2.34. The molecule has 2 N–H and O–H groups in total. The number of benzene rings is 2. The van der Waals surface area contributed by atoms with Crippen LogP contribution >= 0.6 is 23.2 Å². The van der Waals surface area contributed by atoms with Crippen LogP contribution in [0.15, 0.2) is 36.4 Å². The predicted octanol–water partition coefficient (Wildman–Crippen LogP) is 4.60. The Morgan fingerprint density at radius 2 is 1.80 bits per heavy atom. The average Bonchev–Trinajstić information content (AvgIpc) is 2.71. The molecule has 2 amide bonds. The first-order chi connectivity index (χ1) is 14.4. The van der Waals surface area contributed by atoms with Gasteiger partial charge >= 0.3 is 0 Å². The molecule has 30 heavy (non-hydrogen) atoms. The van der Waals surface area contributed by atoms with Gasteiger partial charge in [0, 0.05) is 11.6 Å². The summed E-state index contributed by atoms with van der Waals surface area (Å²) in [7, 11) is 1.59. The Bertz CT molecular complexity index is 928. The van der Waals surface area contributed by atoms with Gasteiger partial charge in [-0.05, 0) is 68.8 Å². The Morgan fingerprint density at radius 1 is 1.07 bits per heavy atom. The Labute approximate surface area is 186 Å². The minimum atomic E-state index is -0.124. The van der Waals surface area contributed by atoms with Crippen LogP contribution in [0.4, 0.5) is 11.4 Å². The van der Waals surface area contributed by atoms with Crippen molar-refractivity contribution in [1.82, 2.24) is 4.90 Å². The first-order valence-corrected chi connectivity index (χ1v) is 10.5. The van der Waals surface area contributed by atoms with Crippen molar-refractivity contribution in [3.05, 3.63) is 52.0 Å². The van der Waals surface area contributed by atoms with Gasteiger partial charge < -0.3 is 15.4 Å². The molecule has 1 saturated heterocycles. The van der Waals surface area contributed by atoms with Crippen LogP contribution in [0.25, 0.3) is 0 Å². The van der Waals surface area contributed by atoms with Crippen LogP contribution < -0.4 is 15.4 Å². The van der Waals surface area contributed by atoms with E-state index in [1.54, 1.807) is 25.3 Å². The maximum atomic E-state index is 12.7. The van der Waals surface area contributed by atoms with Crippen molar-refractivity contribution in [3.63, 3.8) is 0 Å². The van der Waals surface area contributed by atoms with Gasteiger partial charge in [0.1, 0.15) is 5.75 Å². The molecule has 0 unspecified atom stereocenters. The fraction of sp³-hybridized carbons (Fsp3) is 0.364. The second-order valence-electron chi connectivity index (χ2n) is 7.42. The topological polar surface area (TPSA) is 70.7 Å². The molecular weight excluding hydrogens is 425 g/mol. The van der Waals surface area contributed by atoms with Gasteiger partial charge in [0.15, 0.2) is 0 Å². The van der Waals surface area contributed by atoms with Crippen LogP contribution in [-0.2, 0) is 9.59 Å². The Hall–Kier alpha value is -2.28. The van der Waals surface area contributed by atoms with Gasteiger partial charge in [-0.2, -0.15) is 0 Å². The molecule has 1 fully saturated rings. The SMILES string of the molecule is COc1ccc(C)cc1NC(=O)C1CCN(CC(=O)Nc2ccc(Cl)c(Cl)c2)CC1. The third-order valence-corrected chi connectivity index (χ3v) is 5.88. The van der Waals surface area contributed by atoms with E-state index < -0.39 is 0 Å². The number of piperidine rings is 1. The predicted molar refractivity (Wildman–Crippen MR) is 121 cm³/mol. The zero-order valence-corrected chi connectivity index (χ0v) is 18.5. The summed E-state index contributed by atoms with van der Waals surface area (Å²) in [6.45, 7) is 3.59. The maximum absolute atomic E-state index is 12.7. The van der Waals surface area contributed by atoms with Crippen LogP contribution in [-0.4, -0.2) is 43.5 Å². The zero-order valence-electron chi connectivity index (χ0n) is 17.0. The molecule has 0 atom stereocenters. The molecular formula is C22H25Cl2N3O3. The van der Waals surface area contributed by atoms with E-state index in [1.807, 2.05) is 30.0 Å². The van der Waals surface area contributed by atoms with Gasteiger partial charge in [-0.15, -0.1) is 0 Å². The number of halogens is 2. The lowest BCUT2D eigenvalue weighted by molar-refractivity contribution is -0.121. The highest BCUT2D eigenvalue weighted by molar-refractivity contribution is 6.42. The maximum Gasteiger partial charge on any atom is 0.238 e. The highest BCUT2D eigenvalue weighted by atomic mass is 35.5. The minimum absolute atomic E-state index is 0.0150. The molecule has 1 heterocycles. The summed E-state index contributed by atoms with van der Waals surface area (Å²) in [5.74, 6) is 0.412. The monoisotopic (exact) mass is 449 g/mol. The number of rotatable bonds is 6. The number of carbonyl (C=O) groups excluding carboxylic acids is 2. The van der Waals surface area contributed by atoms with E-state index in [0.717, 1.165) is 5.56 Å². The number of likely N-dealkylation sites (tertiary alicyclic amines) is 1. The number of amides is 2. The average molecular weight is 450 g/mol. The number of methoxy groups -OCH3 is 1. The van der Waals surface area contributed by atoms with Gasteiger partial charge in [0.25, 0.3) is 0 Å². The fourth-order valence-corrected chi connectivity index (χ4v) is 3.78. The summed E-state index contributed by atoms with van der Waals surface area (Å²) in [6, 6.07) is 10.7. The standard InChI is InChI=1S/C22H25Cl2N3O3/c1-14-3-6-20(30-2)19(11-14)26-22(29)15-7-9-27(10-8-15)13-21(28)25-16-4-5-17(23)18(24)12-16/h3-6,11-12,15H,7-10,13H2,1-2H3,(H,25,28)(H,26,29). The van der Waals surface area contributed by atoms with Gasteiger partial charge in [0.05, 0.1) is 29.4 Å². The number of hydrogen-bond donors (Lipinski definition) is 2. The molecule has 0 radical (unpaired) electrons. The highest BCUT2D eigenvalue weighted by Gasteiger charge is 2.26. The molecule has 0 bridgehead atoms. The van der Waals surface area contributed by atoms with Crippen LogP contribution in [0, 0.1) is 12.8 Å². The fourth-order valence-electron chi connectivity index (χ4n) is 3.49. The normalized spacial score (nSPS) is 14.9. The zero-order chi connectivity index (χ0) is 21.7. The molecule has 8 heteroatoms. The van der Waals surface area contributed by atoms with Gasteiger partial charge in [-0.1, -0.05) is 29.3 Å². The molecule has 1 aliphatic rings. The number of hydrogen-bond acceptors (Lipinski definition) is 4. The molecule has 2 aromatic rings. The molecule has 0 aliphatic carbocycles. The number of anilines is 2. The van der Waals surface area contributed by atoms with Crippen molar-refractivity contribution in [1.29, 1.82) is 0 Å². The summed E-state index contributed by atoms with van der Waals surface area (Å²) in [4.78, 5) is 27.0. The van der Waals surface area contributed by atoms with Gasteiger partial charge in [0.2, 0.25) is 11.8 Å². The molecule has 0 aromatic heterocycles. The van der Waals surface area contributed by atoms with Crippen LogP contribution in [0.2, 0.25) is 10.0 Å². The Kier molecular flexibility index (Phi) is 7.58. The van der Waals surface area contributed by atoms with Crippen LogP contribution in [0.3, 0.4) is 0 Å². The molecule has 1 aliphatic heterocycles. The van der Waals surface area contributed by atoms with Crippen molar-refractivity contribution >= 4 is 46.4 Å². The number of carbonyl (C=O) groups is 2. The molecule has 2 aromatic carbocycles. The number of aryl methyl sites for hydroxylation is 1. The van der Waals surface area contributed by atoms with Crippen molar-refractivity contribution in [3.8, 4) is 5.75 Å². The number of nitrogens with zero attached hydrogens (tertiary/aromatic N) is 1. The van der Waals surface area contributed by atoms with Crippen LogP contribution in [0.5, 0.6) is 5.75 Å². The van der Waals surface area contributed by atoms with Crippen molar-refractivity contribution in [2.75, 3.05) is 37.4 Å². The molecule has 3 rings (SSSR count). The third kappa shape index (κ3) is 5.88. The smallest absolute Gasteiger partial charge is 0.238 e. The van der Waals surface area contributed by atoms with Gasteiger partial charge in [-0.3, -0.25) is 14.5 Å². The lowest BCUT2D eigenvalue weighted by Gasteiger charge is -2.30. The largest absolute Gasteiger partial charge is 0.495 e. The summed E-state index contributed by atoms with van der Waals surface area (Å²) in [5, 5.41) is 6.65. The van der Waals surface area contributed by atoms with Crippen molar-refractivity contribution < 1.29 is 14.3 Å². The van der Waals surface area contributed by atoms with E-state index >= 15 is 0 Å². The molecule has 0 spiro atoms. The number of nitrogens with one attached hydrogen (secondary N) is 2. The minimum Gasteiger partial charge on any atom is -0.495 e. The highest BCUT2D eigenvalue weighted by Crippen LogP contribution is 2.28. The molecule has 0 saturated carbocycles. The quantitative estimate of drug-likeness (QED) is 0.675. The van der Waals surface area contributed by atoms with Crippen LogP contribution in [0.1, 0.15) is 18.4 Å². The first kappa shape index (κ1) is 22.4.